The van der Waals surface area contributed by atoms with Gasteiger partial charge >= 0.3 is 5.97 Å². The van der Waals surface area contributed by atoms with Crippen LogP contribution in [0.2, 0.25) is 0 Å². The van der Waals surface area contributed by atoms with Crippen LogP contribution in [0.1, 0.15) is 35.3 Å². The SMILES string of the molecule is CCN(CC)CCOC(=O)c1ccc(N)cc1Cc1ccccc1. The number of ether oxygens (including phenoxy) is 1. The maximum Gasteiger partial charge on any atom is 0.338 e. The molecule has 0 atom stereocenters. The van der Waals surface area contributed by atoms with Crippen molar-refractivity contribution in [3.63, 3.8) is 0 Å². The highest BCUT2D eigenvalue weighted by Gasteiger charge is 2.14. The Morgan fingerprint density at radius 3 is 2.46 bits per heavy atom. The second-order valence-electron chi connectivity index (χ2n) is 5.74. The minimum atomic E-state index is -0.284. The van der Waals surface area contributed by atoms with Crippen LogP contribution in [0.5, 0.6) is 0 Å². The van der Waals surface area contributed by atoms with E-state index in [1.807, 2.05) is 36.4 Å². The van der Waals surface area contributed by atoms with Crippen molar-refractivity contribution >= 4 is 11.7 Å². The van der Waals surface area contributed by atoms with E-state index in [0.717, 1.165) is 30.8 Å². The Labute approximate surface area is 144 Å². The van der Waals surface area contributed by atoms with Crippen LogP contribution in [-0.2, 0) is 11.2 Å². The number of benzene rings is 2. The molecule has 2 aromatic rings. The third kappa shape index (κ3) is 5.10. The van der Waals surface area contributed by atoms with Gasteiger partial charge in [-0.2, -0.15) is 0 Å². The highest BCUT2D eigenvalue weighted by atomic mass is 16.5. The summed E-state index contributed by atoms with van der Waals surface area (Å²) in [5.74, 6) is -0.284. The van der Waals surface area contributed by atoms with Gasteiger partial charge in [-0.1, -0.05) is 44.2 Å². The van der Waals surface area contributed by atoms with Crippen molar-refractivity contribution < 1.29 is 9.53 Å². The molecule has 0 aliphatic heterocycles. The van der Waals surface area contributed by atoms with Crippen molar-refractivity contribution in [1.29, 1.82) is 0 Å². The molecule has 0 fully saturated rings. The van der Waals surface area contributed by atoms with E-state index in [-0.39, 0.29) is 5.97 Å². The number of nitrogens with zero attached hydrogens (tertiary/aromatic N) is 1. The van der Waals surface area contributed by atoms with Crippen LogP contribution < -0.4 is 5.73 Å². The molecule has 0 unspecified atom stereocenters. The quantitative estimate of drug-likeness (QED) is 0.597. The van der Waals surface area contributed by atoms with Crippen LogP contribution in [0.15, 0.2) is 48.5 Å². The molecule has 4 heteroatoms. The van der Waals surface area contributed by atoms with E-state index in [4.69, 9.17) is 10.5 Å². The number of rotatable bonds is 8. The van der Waals surface area contributed by atoms with E-state index in [2.05, 4.69) is 18.7 Å². The number of likely N-dealkylation sites (N-methyl/N-ethyl adjacent to an activating group) is 1. The molecule has 2 aromatic carbocycles. The molecule has 0 spiro atoms. The molecule has 0 radical (unpaired) electrons. The summed E-state index contributed by atoms with van der Waals surface area (Å²) in [7, 11) is 0. The fourth-order valence-corrected chi connectivity index (χ4v) is 2.66. The second-order valence-corrected chi connectivity index (χ2v) is 5.74. The van der Waals surface area contributed by atoms with Crippen LogP contribution in [0, 0.1) is 0 Å². The van der Waals surface area contributed by atoms with Gasteiger partial charge in [-0.3, -0.25) is 0 Å². The zero-order valence-corrected chi connectivity index (χ0v) is 14.5. The summed E-state index contributed by atoms with van der Waals surface area (Å²) in [6, 6.07) is 15.4. The molecule has 0 saturated heterocycles. The number of anilines is 1. The molecule has 0 amide bonds. The molecule has 0 bridgehead atoms. The van der Waals surface area contributed by atoms with E-state index < -0.39 is 0 Å². The third-order valence-electron chi connectivity index (χ3n) is 4.12. The summed E-state index contributed by atoms with van der Waals surface area (Å²) in [6.07, 6.45) is 0.659. The zero-order chi connectivity index (χ0) is 17.4. The Morgan fingerprint density at radius 1 is 1.08 bits per heavy atom. The highest BCUT2D eigenvalue weighted by Crippen LogP contribution is 2.19. The number of carbonyl (C=O) groups is 1. The third-order valence-corrected chi connectivity index (χ3v) is 4.12. The topological polar surface area (TPSA) is 55.6 Å². The highest BCUT2D eigenvalue weighted by molar-refractivity contribution is 5.91. The van der Waals surface area contributed by atoms with Crippen molar-refractivity contribution in [3.05, 3.63) is 65.2 Å². The fourth-order valence-electron chi connectivity index (χ4n) is 2.66. The maximum atomic E-state index is 12.4. The lowest BCUT2D eigenvalue weighted by atomic mass is 9.99. The molecule has 0 aliphatic rings. The molecule has 2 N–H and O–H groups in total. The van der Waals surface area contributed by atoms with Gasteiger partial charge in [-0.05, 0) is 48.8 Å². The van der Waals surface area contributed by atoms with Gasteiger partial charge in [0.1, 0.15) is 6.61 Å². The van der Waals surface area contributed by atoms with Gasteiger partial charge in [0, 0.05) is 12.2 Å². The second kappa shape index (κ2) is 9.08. The van der Waals surface area contributed by atoms with E-state index in [1.165, 1.54) is 0 Å². The Kier molecular flexibility index (Phi) is 6.82. The summed E-state index contributed by atoms with van der Waals surface area (Å²) >= 11 is 0. The minimum Gasteiger partial charge on any atom is -0.461 e. The molecule has 24 heavy (non-hydrogen) atoms. The van der Waals surface area contributed by atoms with Gasteiger partial charge in [0.2, 0.25) is 0 Å². The van der Waals surface area contributed by atoms with Crippen molar-refractivity contribution in [2.45, 2.75) is 20.3 Å². The molecule has 0 aliphatic carbocycles. The summed E-state index contributed by atoms with van der Waals surface area (Å²) in [5, 5.41) is 0. The first kappa shape index (κ1) is 18.0. The average Bonchev–Trinajstić information content (AvgIpc) is 2.59. The van der Waals surface area contributed by atoms with Gasteiger partial charge in [0.05, 0.1) is 5.56 Å². The molecule has 0 heterocycles. The Bertz CT molecular complexity index is 652. The molecule has 128 valence electrons. The van der Waals surface area contributed by atoms with E-state index in [0.29, 0.717) is 24.3 Å². The first-order valence-corrected chi connectivity index (χ1v) is 8.45. The number of nitrogens with two attached hydrogens (primary N) is 1. The molecule has 0 saturated carbocycles. The van der Waals surface area contributed by atoms with Gasteiger partial charge in [0.25, 0.3) is 0 Å². The Balaban J connectivity index is 2.07. The van der Waals surface area contributed by atoms with E-state index in [9.17, 15) is 4.79 Å². The predicted molar refractivity (Wildman–Crippen MR) is 98.2 cm³/mol. The largest absolute Gasteiger partial charge is 0.461 e. The molecular weight excluding hydrogens is 300 g/mol. The van der Waals surface area contributed by atoms with Gasteiger partial charge in [0.15, 0.2) is 0 Å². The van der Waals surface area contributed by atoms with Gasteiger partial charge in [-0.15, -0.1) is 0 Å². The molecular formula is C20H26N2O2. The smallest absolute Gasteiger partial charge is 0.338 e. The molecule has 4 nitrogen and oxygen atoms in total. The van der Waals surface area contributed by atoms with Crippen molar-refractivity contribution in [3.8, 4) is 0 Å². The Hall–Kier alpha value is -2.33. The van der Waals surface area contributed by atoms with Crippen molar-refractivity contribution in [2.75, 3.05) is 32.0 Å². The monoisotopic (exact) mass is 326 g/mol. The summed E-state index contributed by atoms with van der Waals surface area (Å²) < 4.78 is 5.46. The molecule has 2 rings (SSSR count). The van der Waals surface area contributed by atoms with Crippen LogP contribution in [0.25, 0.3) is 0 Å². The van der Waals surface area contributed by atoms with Crippen LogP contribution in [0.4, 0.5) is 5.69 Å². The number of esters is 1. The normalized spacial score (nSPS) is 10.8. The summed E-state index contributed by atoms with van der Waals surface area (Å²) in [6.45, 7) is 7.26. The number of nitrogen functional groups attached to an aromatic ring is 1. The van der Waals surface area contributed by atoms with Gasteiger partial charge < -0.3 is 15.4 Å². The Morgan fingerprint density at radius 2 is 1.79 bits per heavy atom. The number of carbonyl (C=O) groups excluding carboxylic acids is 1. The maximum absolute atomic E-state index is 12.4. The minimum absolute atomic E-state index is 0.284. The van der Waals surface area contributed by atoms with Crippen LogP contribution >= 0.6 is 0 Å². The van der Waals surface area contributed by atoms with Crippen LogP contribution in [-0.4, -0.2) is 37.1 Å². The standard InChI is InChI=1S/C20H26N2O2/c1-3-22(4-2)12-13-24-20(23)19-11-10-18(21)15-17(19)14-16-8-6-5-7-9-16/h5-11,15H,3-4,12-14,21H2,1-2H3. The van der Waals surface area contributed by atoms with Crippen molar-refractivity contribution in [2.24, 2.45) is 0 Å². The van der Waals surface area contributed by atoms with Gasteiger partial charge in [-0.25, -0.2) is 4.79 Å². The predicted octanol–water partition coefficient (Wildman–Crippen LogP) is 3.36. The molecule has 0 aromatic heterocycles. The van der Waals surface area contributed by atoms with Crippen LogP contribution in [0.3, 0.4) is 0 Å². The summed E-state index contributed by atoms with van der Waals surface area (Å²) in [5.41, 5.74) is 9.18. The first-order chi connectivity index (χ1) is 11.6. The average molecular weight is 326 g/mol. The summed E-state index contributed by atoms with van der Waals surface area (Å²) in [4.78, 5) is 14.7. The van der Waals surface area contributed by atoms with E-state index in [1.54, 1.807) is 12.1 Å². The lowest BCUT2D eigenvalue weighted by Crippen LogP contribution is -2.28. The fraction of sp³-hybridized carbons (Fsp3) is 0.350. The first-order valence-electron chi connectivity index (χ1n) is 8.45. The zero-order valence-electron chi connectivity index (χ0n) is 14.5. The number of hydrogen-bond donors (Lipinski definition) is 1. The lowest BCUT2D eigenvalue weighted by molar-refractivity contribution is 0.0465. The van der Waals surface area contributed by atoms with E-state index >= 15 is 0 Å². The number of hydrogen-bond acceptors (Lipinski definition) is 4. The lowest BCUT2D eigenvalue weighted by Gasteiger charge is -2.18. The van der Waals surface area contributed by atoms with Crippen molar-refractivity contribution in [1.82, 2.24) is 4.90 Å².